The van der Waals surface area contributed by atoms with E-state index in [0.29, 0.717) is 11.1 Å². The monoisotopic (exact) mass is 554 g/mol. The average Bonchev–Trinajstić information content (AvgIpc) is 3.66. The van der Waals surface area contributed by atoms with Gasteiger partial charge < -0.3 is 18.6 Å². The molecule has 200 valence electrons. The topological polar surface area (TPSA) is 90.7 Å². The molecule has 1 fully saturated rings. The molecule has 3 atom stereocenters. The Bertz CT molecular complexity index is 1650. The number of phenolic OH excluding ortho intramolecular Hbond substituents is 1. The van der Waals surface area contributed by atoms with E-state index in [4.69, 9.17) is 8.92 Å². The molecule has 3 heterocycles. The van der Waals surface area contributed by atoms with Gasteiger partial charge in [-0.25, -0.2) is 4.98 Å². The van der Waals surface area contributed by atoms with Crippen molar-refractivity contribution in [3.8, 4) is 17.2 Å². The standard InChI is InChI=1S/C28H21F3N2O5S/c29-28(30,31)21-3-1-2-4-22(21)38-39(35,36)24-15-23-25(17-7-11-20(34)12-8-17)26(27(24)37-23)18-5-9-19(10-6-18)33-14-13-32-16-33/h1-14,16,23-24,27,34H,15H2. The van der Waals surface area contributed by atoms with Crippen molar-refractivity contribution < 1.29 is 35.6 Å². The van der Waals surface area contributed by atoms with Crippen LogP contribution in [0.3, 0.4) is 0 Å². The van der Waals surface area contributed by atoms with Gasteiger partial charge in [0.2, 0.25) is 0 Å². The van der Waals surface area contributed by atoms with Crippen molar-refractivity contribution in [3.05, 3.63) is 108 Å². The molecular formula is C28H21F3N2O5S. The molecule has 2 aliphatic rings. The Labute approximate surface area is 221 Å². The number of halogens is 3. The molecule has 4 aromatic rings. The van der Waals surface area contributed by atoms with E-state index in [1.54, 1.807) is 30.9 Å². The van der Waals surface area contributed by atoms with Crippen molar-refractivity contribution in [1.29, 1.82) is 0 Å². The number of alkyl halides is 3. The number of fused-ring (bicyclic) bond motifs is 2. The fourth-order valence-electron chi connectivity index (χ4n) is 5.18. The fourth-order valence-corrected chi connectivity index (χ4v) is 6.61. The van der Waals surface area contributed by atoms with E-state index in [2.05, 4.69) is 4.98 Å². The largest absolute Gasteiger partial charge is 0.508 e. The Morgan fingerprint density at radius 1 is 0.949 bits per heavy atom. The summed E-state index contributed by atoms with van der Waals surface area (Å²) in [6, 6.07) is 18.1. The third-order valence-electron chi connectivity index (χ3n) is 6.92. The number of phenols is 1. The summed E-state index contributed by atoms with van der Waals surface area (Å²) < 4.78 is 80.4. The second kappa shape index (κ2) is 9.28. The molecule has 6 rings (SSSR count). The number of aromatic nitrogens is 2. The van der Waals surface area contributed by atoms with Gasteiger partial charge in [0.25, 0.3) is 0 Å². The zero-order valence-corrected chi connectivity index (χ0v) is 20.9. The first-order valence-electron chi connectivity index (χ1n) is 12.0. The van der Waals surface area contributed by atoms with Crippen LogP contribution in [0.25, 0.3) is 16.8 Å². The summed E-state index contributed by atoms with van der Waals surface area (Å²) >= 11 is 0. The third kappa shape index (κ3) is 4.57. The van der Waals surface area contributed by atoms with Crippen LogP contribution in [-0.2, 0) is 21.0 Å². The van der Waals surface area contributed by atoms with E-state index in [9.17, 15) is 26.7 Å². The van der Waals surface area contributed by atoms with E-state index in [1.807, 2.05) is 28.8 Å². The Morgan fingerprint density at radius 2 is 1.62 bits per heavy atom. The second-order valence-corrected chi connectivity index (χ2v) is 11.0. The third-order valence-corrected chi connectivity index (χ3v) is 8.51. The Hall–Kier alpha value is -4.09. The van der Waals surface area contributed by atoms with Crippen molar-refractivity contribution in [1.82, 2.24) is 9.55 Å². The van der Waals surface area contributed by atoms with E-state index >= 15 is 0 Å². The zero-order chi connectivity index (χ0) is 27.4. The first-order valence-corrected chi connectivity index (χ1v) is 13.5. The predicted octanol–water partition coefficient (Wildman–Crippen LogP) is 5.46. The van der Waals surface area contributed by atoms with Crippen LogP contribution in [-0.4, -0.2) is 40.5 Å². The summed E-state index contributed by atoms with van der Waals surface area (Å²) in [7, 11) is -4.54. The quantitative estimate of drug-likeness (QED) is 0.319. The van der Waals surface area contributed by atoms with Crippen LogP contribution in [0.1, 0.15) is 23.1 Å². The van der Waals surface area contributed by atoms with Crippen LogP contribution < -0.4 is 4.18 Å². The van der Waals surface area contributed by atoms with E-state index in [-0.39, 0.29) is 12.2 Å². The second-order valence-electron chi connectivity index (χ2n) is 9.28. The maximum atomic E-state index is 13.5. The highest BCUT2D eigenvalue weighted by Crippen LogP contribution is 2.51. The lowest BCUT2D eigenvalue weighted by Gasteiger charge is -2.25. The summed E-state index contributed by atoms with van der Waals surface area (Å²) in [5.41, 5.74) is 2.47. The Morgan fingerprint density at radius 3 is 2.28 bits per heavy atom. The molecule has 2 aliphatic heterocycles. The van der Waals surface area contributed by atoms with Gasteiger partial charge >= 0.3 is 16.3 Å². The SMILES string of the molecule is O=S(=O)(Oc1ccccc1C(F)(F)F)C1CC2OC1C(c1ccc(-n3ccnc3)cc1)=C2c1ccc(O)cc1. The molecule has 1 aromatic heterocycles. The fraction of sp³-hybridized carbons (Fsp3) is 0.179. The van der Waals surface area contributed by atoms with Gasteiger partial charge in [0.1, 0.15) is 17.1 Å². The molecule has 39 heavy (non-hydrogen) atoms. The van der Waals surface area contributed by atoms with Crippen LogP contribution in [0.5, 0.6) is 11.5 Å². The maximum Gasteiger partial charge on any atom is 0.420 e. The van der Waals surface area contributed by atoms with Crippen LogP contribution >= 0.6 is 0 Å². The molecule has 0 radical (unpaired) electrons. The highest BCUT2D eigenvalue weighted by Gasteiger charge is 2.54. The normalized spacial score (nSPS) is 20.9. The van der Waals surface area contributed by atoms with Gasteiger partial charge in [-0.05, 0) is 58.7 Å². The highest BCUT2D eigenvalue weighted by molar-refractivity contribution is 7.87. The molecule has 1 saturated heterocycles. The lowest BCUT2D eigenvalue weighted by atomic mass is 9.83. The molecule has 0 saturated carbocycles. The minimum absolute atomic E-state index is 0.00795. The average molecular weight is 555 g/mol. The van der Waals surface area contributed by atoms with E-state index in [0.717, 1.165) is 29.0 Å². The van der Waals surface area contributed by atoms with Crippen LogP contribution in [0.2, 0.25) is 0 Å². The van der Waals surface area contributed by atoms with Gasteiger partial charge in [0, 0.05) is 24.5 Å². The van der Waals surface area contributed by atoms with Crippen LogP contribution in [0.4, 0.5) is 13.2 Å². The van der Waals surface area contributed by atoms with Crippen molar-refractivity contribution >= 4 is 21.3 Å². The first kappa shape index (κ1) is 25.2. The molecule has 0 spiro atoms. The van der Waals surface area contributed by atoms with Crippen molar-refractivity contribution in [2.24, 2.45) is 0 Å². The number of aromatic hydroxyl groups is 1. The Balaban J connectivity index is 1.40. The van der Waals surface area contributed by atoms with Crippen molar-refractivity contribution in [2.75, 3.05) is 0 Å². The zero-order valence-electron chi connectivity index (χ0n) is 20.1. The van der Waals surface area contributed by atoms with Crippen LogP contribution in [0, 0.1) is 0 Å². The Kier molecular flexibility index (Phi) is 6.00. The van der Waals surface area contributed by atoms with Gasteiger partial charge in [0.05, 0.1) is 18.0 Å². The lowest BCUT2D eigenvalue weighted by molar-refractivity contribution is -0.138. The van der Waals surface area contributed by atoms with Gasteiger partial charge in [0.15, 0.2) is 5.75 Å². The maximum absolute atomic E-state index is 13.5. The molecular weight excluding hydrogens is 533 g/mol. The molecule has 0 aliphatic carbocycles. The molecule has 7 nitrogen and oxygen atoms in total. The lowest BCUT2D eigenvalue weighted by Crippen LogP contribution is -2.36. The number of para-hydroxylation sites is 1. The molecule has 3 aromatic carbocycles. The molecule has 11 heteroatoms. The van der Waals surface area contributed by atoms with E-state index in [1.165, 1.54) is 24.3 Å². The molecule has 3 unspecified atom stereocenters. The minimum atomic E-state index is -4.79. The summed E-state index contributed by atoms with van der Waals surface area (Å²) in [4.78, 5) is 4.04. The van der Waals surface area contributed by atoms with Crippen molar-refractivity contribution in [2.45, 2.75) is 30.1 Å². The number of nitrogens with zero attached hydrogens (tertiary/aromatic N) is 2. The summed E-state index contributed by atoms with van der Waals surface area (Å²) in [6.07, 6.45) is -1.30. The highest BCUT2D eigenvalue weighted by atomic mass is 32.2. The number of hydrogen-bond acceptors (Lipinski definition) is 6. The summed E-state index contributed by atoms with van der Waals surface area (Å²) in [5, 5.41) is 8.54. The molecule has 0 amide bonds. The van der Waals surface area contributed by atoms with Gasteiger partial charge in [-0.1, -0.05) is 36.4 Å². The van der Waals surface area contributed by atoms with Gasteiger partial charge in [-0.3, -0.25) is 0 Å². The van der Waals surface area contributed by atoms with E-state index < -0.39 is 45.1 Å². The molecule has 2 bridgehead atoms. The minimum Gasteiger partial charge on any atom is -0.508 e. The molecule has 1 N–H and O–H groups in total. The number of hydrogen-bond donors (Lipinski definition) is 1. The van der Waals surface area contributed by atoms with Gasteiger partial charge in [-0.2, -0.15) is 21.6 Å². The number of ether oxygens (including phenoxy) is 1. The predicted molar refractivity (Wildman–Crippen MR) is 137 cm³/mol. The van der Waals surface area contributed by atoms with Gasteiger partial charge in [-0.15, -0.1) is 0 Å². The summed E-state index contributed by atoms with van der Waals surface area (Å²) in [5.74, 6) is -0.700. The smallest absolute Gasteiger partial charge is 0.420 e. The van der Waals surface area contributed by atoms with Crippen LogP contribution in [0.15, 0.2) is 91.5 Å². The summed E-state index contributed by atoms with van der Waals surface area (Å²) in [6.45, 7) is 0. The number of imidazole rings is 1. The number of benzene rings is 3. The first-order chi connectivity index (χ1) is 18.6. The number of rotatable bonds is 6. The van der Waals surface area contributed by atoms with Crippen molar-refractivity contribution in [3.63, 3.8) is 0 Å².